The molecule has 0 saturated carbocycles. The molecule has 0 aliphatic heterocycles. The lowest BCUT2D eigenvalue weighted by molar-refractivity contribution is -0.696. The number of allylic oxidation sites excluding steroid dienone is 3. The maximum absolute atomic E-state index is 5.64. The summed E-state index contributed by atoms with van der Waals surface area (Å²) in [6, 6.07) is 0. The highest BCUT2D eigenvalue weighted by atomic mass is 16.5. The minimum Gasteiger partial charge on any atom is -0.377 e. The van der Waals surface area contributed by atoms with Gasteiger partial charge in [0.15, 0.2) is 0 Å². The van der Waals surface area contributed by atoms with E-state index < -0.39 is 0 Å². The summed E-state index contributed by atoms with van der Waals surface area (Å²) < 4.78 is 7.80. The van der Waals surface area contributed by atoms with Crippen LogP contribution in [0.1, 0.15) is 46.5 Å². The molecule has 0 unspecified atom stereocenters. The van der Waals surface area contributed by atoms with E-state index >= 15 is 0 Å². The van der Waals surface area contributed by atoms with Crippen molar-refractivity contribution in [2.75, 3.05) is 13.2 Å². The van der Waals surface area contributed by atoms with Crippen LogP contribution in [-0.4, -0.2) is 18.2 Å². The van der Waals surface area contributed by atoms with Gasteiger partial charge in [-0.2, -0.15) is 0 Å². The average Bonchev–Trinajstić information content (AvgIpc) is 2.90. The second-order valence-corrected chi connectivity index (χ2v) is 5.50. The van der Waals surface area contributed by atoms with Crippen molar-refractivity contribution in [3.8, 4) is 0 Å². The van der Waals surface area contributed by atoms with Gasteiger partial charge in [0.05, 0.1) is 13.2 Å². The molecule has 0 aliphatic rings. The zero-order chi connectivity index (χ0) is 14.6. The Balaban J connectivity index is 1.96. The second kappa shape index (κ2) is 10.4. The fourth-order valence-corrected chi connectivity index (χ4v) is 1.93. The van der Waals surface area contributed by atoms with Crippen molar-refractivity contribution in [3.05, 3.63) is 42.0 Å². The summed E-state index contributed by atoms with van der Waals surface area (Å²) in [7, 11) is 0. The van der Waals surface area contributed by atoms with E-state index in [9.17, 15) is 0 Å². The molecule has 1 rings (SSSR count). The van der Waals surface area contributed by atoms with Gasteiger partial charge in [0.1, 0.15) is 12.4 Å². The van der Waals surface area contributed by atoms with Gasteiger partial charge in [-0.3, -0.25) is 4.98 Å². The molecule has 0 aliphatic carbocycles. The Kier molecular flexibility index (Phi) is 8.72. The first-order valence-electron chi connectivity index (χ1n) is 7.57. The van der Waals surface area contributed by atoms with Gasteiger partial charge in [-0.1, -0.05) is 23.3 Å². The molecule has 1 aromatic heterocycles. The van der Waals surface area contributed by atoms with Gasteiger partial charge in [-0.25, -0.2) is 4.57 Å². The first kappa shape index (κ1) is 16.7. The van der Waals surface area contributed by atoms with Gasteiger partial charge < -0.3 is 4.74 Å². The monoisotopic (exact) mass is 277 g/mol. The molecule has 20 heavy (non-hydrogen) atoms. The number of aromatic nitrogens is 2. The zero-order valence-corrected chi connectivity index (χ0v) is 13.2. The maximum atomic E-state index is 5.64. The van der Waals surface area contributed by atoms with Crippen LogP contribution in [0.5, 0.6) is 0 Å². The van der Waals surface area contributed by atoms with Crippen molar-refractivity contribution in [1.29, 1.82) is 0 Å². The summed E-state index contributed by atoms with van der Waals surface area (Å²) in [5.74, 6) is 0. The van der Waals surface area contributed by atoms with E-state index in [1.54, 1.807) is 0 Å². The first-order chi connectivity index (χ1) is 9.68. The molecule has 0 radical (unpaired) electrons. The van der Waals surface area contributed by atoms with Gasteiger partial charge >= 0.3 is 0 Å². The smallest absolute Gasteiger partial charge is 0.241 e. The third-order valence-corrected chi connectivity index (χ3v) is 3.20. The quantitative estimate of drug-likeness (QED) is 0.393. The molecular weight excluding hydrogens is 248 g/mol. The van der Waals surface area contributed by atoms with Gasteiger partial charge in [0.25, 0.3) is 0 Å². The molecule has 1 heterocycles. The normalized spacial score (nSPS) is 11.7. The lowest BCUT2D eigenvalue weighted by Gasteiger charge is -2.02. The number of imidazole rings is 1. The molecule has 3 nitrogen and oxygen atoms in total. The highest BCUT2D eigenvalue weighted by molar-refractivity contribution is 5.02. The Morgan fingerprint density at radius 3 is 2.75 bits per heavy atom. The number of rotatable bonds is 10. The predicted molar refractivity (Wildman–Crippen MR) is 83.5 cm³/mol. The Labute approximate surface area is 123 Å². The van der Waals surface area contributed by atoms with Gasteiger partial charge in [0.2, 0.25) is 6.33 Å². The average molecular weight is 277 g/mol. The predicted octanol–water partition coefficient (Wildman–Crippen LogP) is 3.79. The van der Waals surface area contributed by atoms with Crippen LogP contribution in [0.3, 0.4) is 0 Å². The van der Waals surface area contributed by atoms with E-state index in [1.807, 2.05) is 12.5 Å². The van der Waals surface area contributed by atoms with Crippen LogP contribution in [-0.2, 0) is 11.3 Å². The SMILES string of the molecule is CC(C)=CCC/C(C)=C/COCCCC[n+]1cc[nH]c1. The third kappa shape index (κ3) is 8.70. The number of nitrogens with one attached hydrogen (secondary N) is 1. The first-order valence-corrected chi connectivity index (χ1v) is 7.57. The molecule has 1 aromatic rings. The third-order valence-electron chi connectivity index (χ3n) is 3.20. The van der Waals surface area contributed by atoms with Crippen molar-refractivity contribution >= 4 is 0 Å². The van der Waals surface area contributed by atoms with Crippen molar-refractivity contribution in [1.82, 2.24) is 4.98 Å². The topological polar surface area (TPSA) is 28.9 Å². The molecule has 0 amide bonds. The molecule has 3 heteroatoms. The van der Waals surface area contributed by atoms with Crippen LogP contribution < -0.4 is 4.57 Å². The number of aryl methyl sites for hydroxylation is 1. The summed E-state index contributed by atoms with van der Waals surface area (Å²) >= 11 is 0. The van der Waals surface area contributed by atoms with Crippen LogP contribution in [0, 0.1) is 0 Å². The Bertz CT molecular complexity index is 401. The van der Waals surface area contributed by atoms with Crippen LogP contribution in [0.2, 0.25) is 0 Å². The zero-order valence-electron chi connectivity index (χ0n) is 13.2. The number of nitrogens with zero attached hydrogens (tertiary/aromatic N) is 1. The molecule has 0 fully saturated rings. The summed E-state index contributed by atoms with van der Waals surface area (Å²) in [6.45, 7) is 9.14. The molecule has 0 atom stereocenters. The lowest BCUT2D eigenvalue weighted by Crippen LogP contribution is -2.30. The second-order valence-electron chi connectivity index (χ2n) is 5.50. The van der Waals surface area contributed by atoms with Crippen LogP contribution in [0.4, 0.5) is 0 Å². The number of unbranched alkanes of at least 4 members (excludes halogenated alkanes) is 1. The fourth-order valence-electron chi connectivity index (χ4n) is 1.93. The molecule has 0 saturated heterocycles. The lowest BCUT2D eigenvalue weighted by atomic mass is 10.1. The number of ether oxygens (including phenoxy) is 1. The Morgan fingerprint density at radius 2 is 2.05 bits per heavy atom. The maximum Gasteiger partial charge on any atom is 0.241 e. The van der Waals surface area contributed by atoms with Crippen LogP contribution in [0.15, 0.2) is 42.0 Å². The molecule has 0 spiro atoms. The summed E-state index contributed by atoms with van der Waals surface area (Å²) in [6.07, 6.45) is 15.0. The van der Waals surface area contributed by atoms with Crippen LogP contribution in [0.25, 0.3) is 0 Å². The number of aromatic amines is 1. The van der Waals surface area contributed by atoms with Crippen molar-refractivity contribution in [2.24, 2.45) is 0 Å². The molecule has 1 N–H and O–H groups in total. The largest absolute Gasteiger partial charge is 0.377 e. The molecule has 0 aromatic carbocycles. The van der Waals surface area contributed by atoms with Gasteiger partial charge in [0, 0.05) is 6.61 Å². The van der Waals surface area contributed by atoms with E-state index in [2.05, 4.69) is 48.7 Å². The van der Waals surface area contributed by atoms with Gasteiger partial charge in [-0.15, -0.1) is 0 Å². The highest BCUT2D eigenvalue weighted by Crippen LogP contribution is 2.06. The minimum absolute atomic E-state index is 0.748. The van der Waals surface area contributed by atoms with Gasteiger partial charge in [-0.05, 0) is 46.5 Å². The molecule has 0 bridgehead atoms. The van der Waals surface area contributed by atoms with E-state index in [0.29, 0.717) is 0 Å². The van der Waals surface area contributed by atoms with E-state index in [-0.39, 0.29) is 0 Å². The number of hydrogen-bond donors (Lipinski definition) is 1. The number of hydrogen-bond acceptors (Lipinski definition) is 1. The Hall–Kier alpha value is -1.35. The summed E-state index contributed by atoms with van der Waals surface area (Å²) in [5.41, 5.74) is 2.82. The van der Waals surface area contributed by atoms with Crippen LogP contribution >= 0.6 is 0 Å². The summed E-state index contributed by atoms with van der Waals surface area (Å²) in [5, 5.41) is 0. The van der Waals surface area contributed by atoms with E-state index in [4.69, 9.17) is 4.74 Å². The molecule has 112 valence electrons. The summed E-state index contributed by atoms with van der Waals surface area (Å²) in [4.78, 5) is 3.05. The van der Waals surface area contributed by atoms with E-state index in [1.165, 1.54) is 11.1 Å². The Morgan fingerprint density at radius 1 is 1.20 bits per heavy atom. The highest BCUT2D eigenvalue weighted by Gasteiger charge is 1.96. The molecular formula is C17H29N2O+. The fraction of sp³-hybridized carbons (Fsp3) is 0.588. The van der Waals surface area contributed by atoms with Crippen molar-refractivity contribution in [2.45, 2.75) is 53.0 Å². The standard InChI is InChI=1S/C17H28N2O/c1-16(2)7-6-8-17(3)9-14-20-13-5-4-11-19-12-10-18-15-19/h7,9-10,12,15H,4-6,8,11,13-14H2,1-3H3/p+1/b17-9+. The van der Waals surface area contributed by atoms with E-state index in [0.717, 1.165) is 45.4 Å². The van der Waals surface area contributed by atoms with Crippen molar-refractivity contribution < 1.29 is 9.30 Å². The minimum atomic E-state index is 0.748. The van der Waals surface area contributed by atoms with Crippen molar-refractivity contribution in [3.63, 3.8) is 0 Å². The number of H-pyrrole nitrogens is 1.